The highest BCUT2D eigenvalue weighted by atomic mass is 16.3. The first kappa shape index (κ1) is 25.7. The molecule has 0 bridgehead atoms. The van der Waals surface area contributed by atoms with Gasteiger partial charge in [0.15, 0.2) is 5.84 Å². The van der Waals surface area contributed by atoms with Crippen LogP contribution in [-0.2, 0) is 6.54 Å². The Balaban J connectivity index is 1.34. The Kier molecular flexibility index (Phi) is 6.27. The van der Waals surface area contributed by atoms with Gasteiger partial charge in [-0.3, -0.25) is 4.99 Å². The maximum absolute atomic E-state index is 6.92. The second-order valence-corrected chi connectivity index (χ2v) is 10.7. The van der Waals surface area contributed by atoms with Crippen molar-refractivity contribution in [2.75, 3.05) is 0 Å². The molecular weight excluding hydrogens is 542 g/mol. The lowest BCUT2D eigenvalue weighted by Crippen LogP contribution is -2.17. The SMILES string of the molecule is N/C(=N\C(=N/Cc1ccccc1)c1cccc2c1oc1ccccc12)c1ccc(-c2ccccc2)c2oc3ccccc3c12. The summed E-state index contributed by atoms with van der Waals surface area (Å²) in [6.07, 6.45) is 0. The maximum Gasteiger partial charge on any atom is 0.161 e. The van der Waals surface area contributed by atoms with Gasteiger partial charge in [0.2, 0.25) is 0 Å². The molecule has 2 aromatic heterocycles. The van der Waals surface area contributed by atoms with Crippen molar-refractivity contribution >= 4 is 55.5 Å². The summed E-state index contributed by atoms with van der Waals surface area (Å²) in [5.74, 6) is 0.852. The molecule has 8 aromatic rings. The molecule has 0 atom stereocenters. The number of hydrogen-bond acceptors (Lipinski definition) is 3. The molecule has 0 aliphatic heterocycles. The molecule has 2 heterocycles. The van der Waals surface area contributed by atoms with Crippen LogP contribution >= 0.6 is 0 Å². The van der Waals surface area contributed by atoms with Crippen LogP contribution in [0.5, 0.6) is 0 Å². The van der Waals surface area contributed by atoms with Crippen molar-refractivity contribution in [3.05, 3.63) is 156 Å². The van der Waals surface area contributed by atoms with Crippen LogP contribution < -0.4 is 5.73 Å². The van der Waals surface area contributed by atoms with E-state index < -0.39 is 0 Å². The Hall–Kier alpha value is -5.94. The molecule has 8 rings (SSSR count). The topological polar surface area (TPSA) is 77.0 Å². The van der Waals surface area contributed by atoms with Crippen LogP contribution in [0.1, 0.15) is 16.7 Å². The average molecular weight is 570 g/mol. The molecule has 0 saturated carbocycles. The van der Waals surface area contributed by atoms with Crippen LogP contribution in [0.25, 0.3) is 55.0 Å². The zero-order valence-corrected chi connectivity index (χ0v) is 23.8. The number of furan rings is 2. The molecule has 6 aromatic carbocycles. The summed E-state index contributed by atoms with van der Waals surface area (Å²) in [7, 11) is 0. The third kappa shape index (κ3) is 4.43. The van der Waals surface area contributed by atoms with Crippen molar-refractivity contribution in [2.24, 2.45) is 15.7 Å². The lowest BCUT2D eigenvalue weighted by atomic mass is 9.98. The molecule has 0 aliphatic rings. The minimum atomic E-state index is 0.348. The molecule has 0 amide bonds. The zero-order valence-electron chi connectivity index (χ0n) is 23.8. The Morgan fingerprint density at radius 2 is 1.18 bits per heavy atom. The van der Waals surface area contributed by atoms with Crippen molar-refractivity contribution in [3.8, 4) is 11.1 Å². The van der Waals surface area contributed by atoms with Gasteiger partial charge < -0.3 is 14.6 Å². The molecule has 210 valence electrons. The third-order valence-corrected chi connectivity index (χ3v) is 8.01. The first-order valence-corrected chi connectivity index (χ1v) is 14.6. The molecule has 0 radical (unpaired) electrons. The Bertz CT molecular complexity index is 2360. The fourth-order valence-electron chi connectivity index (χ4n) is 5.91. The van der Waals surface area contributed by atoms with Gasteiger partial charge in [0.25, 0.3) is 0 Å². The number of rotatable bonds is 5. The van der Waals surface area contributed by atoms with Crippen LogP contribution in [0.15, 0.2) is 158 Å². The summed E-state index contributed by atoms with van der Waals surface area (Å²) in [5, 5.41) is 3.96. The summed E-state index contributed by atoms with van der Waals surface area (Å²) < 4.78 is 12.8. The number of benzene rings is 6. The molecule has 0 unspecified atom stereocenters. The van der Waals surface area contributed by atoms with Crippen molar-refractivity contribution in [1.82, 2.24) is 0 Å². The van der Waals surface area contributed by atoms with E-state index in [-0.39, 0.29) is 0 Å². The second kappa shape index (κ2) is 10.7. The largest absolute Gasteiger partial charge is 0.455 e. The predicted molar refractivity (Wildman–Crippen MR) is 180 cm³/mol. The van der Waals surface area contributed by atoms with Gasteiger partial charge in [-0.15, -0.1) is 0 Å². The van der Waals surface area contributed by atoms with E-state index in [4.69, 9.17) is 24.6 Å². The van der Waals surface area contributed by atoms with Crippen LogP contribution in [0, 0.1) is 0 Å². The highest BCUT2D eigenvalue weighted by molar-refractivity contribution is 6.24. The number of nitrogens with zero attached hydrogens (tertiary/aromatic N) is 2. The Morgan fingerprint density at radius 3 is 1.98 bits per heavy atom. The molecule has 0 saturated heterocycles. The highest BCUT2D eigenvalue weighted by Crippen LogP contribution is 2.38. The lowest BCUT2D eigenvalue weighted by Gasteiger charge is -2.09. The number of para-hydroxylation sites is 3. The average Bonchev–Trinajstić information content (AvgIpc) is 3.66. The second-order valence-electron chi connectivity index (χ2n) is 10.7. The van der Waals surface area contributed by atoms with Gasteiger partial charge in [-0.1, -0.05) is 109 Å². The summed E-state index contributed by atoms with van der Waals surface area (Å²) in [5.41, 5.74) is 14.8. The molecule has 2 N–H and O–H groups in total. The van der Waals surface area contributed by atoms with Crippen molar-refractivity contribution in [3.63, 3.8) is 0 Å². The van der Waals surface area contributed by atoms with E-state index in [0.29, 0.717) is 18.2 Å². The van der Waals surface area contributed by atoms with Crippen molar-refractivity contribution < 1.29 is 8.83 Å². The van der Waals surface area contributed by atoms with Crippen LogP contribution in [0.4, 0.5) is 0 Å². The van der Waals surface area contributed by atoms with E-state index >= 15 is 0 Å². The smallest absolute Gasteiger partial charge is 0.161 e. The van der Waals surface area contributed by atoms with Gasteiger partial charge >= 0.3 is 0 Å². The molecule has 5 nitrogen and oxygen atoms in total. The highest BCUT2D eigenvalue weighted by Gasteiger charge is 2.20. The monoisotopic (exact) mass is 569 g/mol. The lowest BCUT2D eigenvalue weighted by molar-refractivity contribution is 0.668. The van der Waals surface area contributed by atoms with E-state index in [9.17, 15) is 0 Å². The van der Waals surface area contributed by atoms with Gasteiger partial charge in [0.1, 0.15) is 28.2 Å². The fraction of sp³-hybridized carbons (Fsp3) is 0.0256. The van der Waals surface area contributed by atoms with E-state index in [1.165, 1.54) is 0 Å². The molecule has 0 aliphatic carbocycles. The molecule has 44 heavy (non-hydrogen) atoms. The van der Waals surface area contributed by atoms with Gasteiger partial charge in [-0.05, 0) is 41.5 Å². The molecule has 0 spiro atoms. The first-order chi connectivity index (χ1) is 21.7. The number of hydrogen-bond donors (Lipinski definition) is 1. The summed E-state index contributed by atoms with van der Waals surface area (Å²) in [6, 6.07) is 46.6. The molecular formula is C39H27N3O2. The van der Waals surface area contributed by atoms with Crippen LogP contribution in [0.3, 0.4) is 0 Å². The summed E-state index contributed by atoms with van der Waals surface area (Å²) in [4.78, 5) is 10.0. The minimum absolute atomic E-state index is 0.348. The predicted octanol–water partition coefficient (Wildman–Crippen LogP) is 9.50. The zero-order chi connectivity index (χ0) is 29.5. The number of amidine groups is 2. The van der Waals surface area contributed by atoms with Gasteiger partial charge in [0, 0.05) is 32.7 Å². The van der Waals surface area contributed by atoms with Gasteiger partial charge in [-0.2, -0.15) is 0 Å². The number of nitrogens with two attached hydrogens (primary N) is 1. The quantitative estimate of drug-likeness (QED) is 0.166. The van der Waals surface area contributed by atoms with E-state index in [2.05, 4.69) is 48.5 Å². The van der Waals surface area contributed by atoms with E-state index in [0.717, 1.165) is 71.7 Å². The van der Waals surface area contributed by atoms with Crippen molar-refractivity contribution in [2.45, 2.75) is 6.54 Å². The third-order valence-electron chi connectivity index (χ3n) is 8.01. The first-order valence-electron chi connectivity index (χ1n) is 14.6. The van der Waals surface area contributed by atoms with E-state index in [1.807, 2.05) is 91.0 Å². The Morgan fingerprint density at radius 1 is 0.545 bits per heavy atom. The molecule has 5 heteroatoms. The summed E-state index contributed by atoms with van der Waals surface area (Å²) >= 11 is 0. The minimum Gasteiger partial charge on any atom is -0.455 e. The maximum atomic E-state index is 6.92. The number of aliphatic imine (C=N–C) groups is 2. The summed E-state index contributed by atoms with van der Waals surface area (Å²) in [6.45, 7) is 0.445. The van der Waals surface area contributed by atoms with E-state index in [1.54, 1.807) is 0 Å². The number of fused-ring (bicyclic) bond motifs is 6. The van der Waals surface area contributed by atoms with Gasteiger partial charge in [0.05, 0.1) is 12.1 Å². The van der Waals surface area contributed by atoms with Crippen molar-refractivity contribution in [1.29, 1.82) is 0 Å². The Labute approximate surface area is 253 Å². The van der Waals surface area contributed by atoms with Gasteiger partial charge in [-0.25, -0.2) is 4.99 Å². The van der Waals surface area contributed by atoms with Crippen LogP contribution in [-0.4, -0.2) is 11.7 Å². The van der Waals surface area contributed by atoms with Crippen LogP contribution in [0.2, 0.25) is 0 Å². The standard InChI is InChI=1S/C39H27N3O2/c40-38(31-23-22-27(26-14-5-2-6-15-26)37-35(31)30-17-8-10-21-34(30)44-37)42-39(41-24-25-12-3-1-4-13-25)32-19-11-18-29-28-16-7-9-20-33(28)43-36(29)32/h1-23H,24H2,(H2,40,41,42). The molecule has 0 fully saturated rings. The normalized spacial score (nSPS) is 12.5. The fourth-order valence-corrected chi connectivity index (χ4v) is 5.91.